The lowest BCUT2D eigenvalue weighted by atomic mass is 9.80. The lowest BCUT2D eigenvalue weighted by Crippen LogP contribution is -2.34. The van der Waals surface area contributed by atoms with E-state index < -0.39 is 22.8 Å². The molecule has 1 aliphatic rings. The molecule has 1 atom stereocenters. The number of allylic oxidation sites excluding steroid dienone is 1. The van der Waals surface area contributed by atoms with Crippen LogP contribution in [0.1, 0.15) is 63.6 Å². The van der Waals surface area contributed by atoms with Crippen LogP contribution < -0.4 is 16.4 Å². The van der Waals surface area contributed by atoms with Gasteiger partial charge in [-0.05, 0) is 57.8 Å². The molecule has 2 heterocycles. The van der Waals surface area contributed by atoms with Crippen LogP contribution in [-0.4, -0.2) is 70.6 Å². The molecule has 2 aromatic rings. The number of nitrogens with zero attached hydrogens (tertiary/aromatic N) is 3. The number of aliphatic imine (C=N–C) groups is 1. The van der Waals surface area contributed by atoms with E-state index in [1.165, 1.54) is 12.1 Å². The van der Waals surface area contributed by atoms with Crippen LogP contribution in [-0.2, 0) is 25.5 Å². The Bertz CT molecular complexity index is 1390. The van der Waals surface area contributed by atoms with E-state index >= 15 is 0 Å². The maximum atomic E-state index is 13.4. The molecule has 0 amide bonds. The van der Waals surface area contributed by atoms with Crippen LogP contribution in [0.2, 0.25) is 0 Å². The minimum Gasteiger partial charge on any atom is -0.463 e. The summed E-state index contributed by atoms with van der Waals surface area (Å²) in [5, 5.41) is 18.0. The fourth-order valence-electron chi connectivity index (χ4n) is 4.93. The Morgan fingerprint density at radius 2 is 1.89 bits per heavy atom. The third-order valence-corrected chi connectivity index (χ3v) is 8.08. The highest BCUT2D eigenvalue weighted by Crippen LogP contribution is 2.41. The number of rotatable bonds is 18. The van der Waals surface area contributed by atoms with E-state index in [-0.39, 0.29) is 30.0 Å². The van der Waals surface area contributed by atoms with Crippen LogP contribution in [0, 0.1) is 10.1 Å². The molecule has 1 aromatic heterocycles. The van der Waals surface area contributed by atoms with Gasteiger partial charge in [0.25, 0.3) is 5.69 Å². The molecular weight excluding hydrogens is 598 g/mol. The molecule has 0 saturated carbocycles. The van der Waals surface area contributed by atoms with Gasteiger partial charge in [-0.1, -0.05) is 18.6 Å². The highest BCUT2D eigenvalue weighted by Gasteiger charge is 2.39. The summed E-state index contributed by atoms with van der Waals surface area (Å²) in [4.78, 5) is 49.0. The molecule has 244 valence electrons. The molecule has 5 N–H and O–H groups in total. The summed E-state index contributed by atoms with van der Waals surface area (Å²) in [6.07, 6.45) is 8.09. The Kier molecular flexibility index (Phi) is 14.4. The first-order valence-corrected chi connectivity index (χ1v) is 16.3. The Morgan fingerprint density at radius 1 is 1.13 bits per heavy atom. The lowest BCUT2D eigenvalue weighted by molar-refractivity contribution is -0.384. The number of nitro benzene ring substituents is 1. The predicted molar refractivity (Wildman–Crippen MR) is 175 cm³/mol. The van der Waals surface area contributed by atoms with Gasteiger partial charge in [0, 0.05) is 54.3 Å². The van der Waals surface area contributed by atoms with Gasteiger partial charge in [-0.15, -0.1) is 0 Å². The summed E-state index contributed by atoms with van der Waals surface area (Å²) >= 11 is 1.65. The molecule has 0 radical (unpaired) electrons. The first-order chi connectivity index (χ1) is 21.8. The standard InChI is InChI=1S/C31H43N7O6S/c1-4-43-29(39)26-21(3)37-25(28(30(40)44-5-2)27(26)22-11-9-13-24(17-22)38(41)42)19-45-16-8-6-7-14-34-31(32)35-15-10-12-23-18-33-20-36-23/h9,11,13,17-18,20,27,37H,4-8,10,12,14-16,19H2,1-3H3,(H,33,36)(H3,32,34,35). The molecule has 1 unspecified atom stereocenters. The van der Waals surface area contributed by atoms with Gasteiger partial charge < -0.3 is 30.8 Å². The molecular formula is C31H43N7O6S. The van der Waals surface area contributed by atoms with E-state index in [2.05, 4.69) is 25.6 Å². The van der Waals surface area contributed by atoms with E-state index in [1.54, 1.807) is 51.0 Å². The van der Waals surface area contributed by atoms with Crippen LogP contribution in [0.3, 0.4) is 0 Å². The zero-order valence-corrected chi connectivity index (χ0v) is 26.9. The summed E-state index contributed by atoms with van der Waals surface area (Å²) < 4.78 is 10.7. The molecule has 1 aliphatic heterocycles. The molecule has 45 heavy (non-hydrogen) atoms. The third-order valence-electron chi connectivity index (χ3n) is 7.01. The summed E-state index contributed by atoms with van der Waals surface area (Å²) in [7, 11) is 0. The SMILES string of the molecule is CCOC(=O)C1=C(C)NC(CSCCCCCNC(N)=NCCCc2cnc[nH]2)=C(C(=O)OCC)C1c1cccc([N+](=O)[O-])c1. The van der Waals surface area contributed by atoms with Crippen molar-refractivity contribution < 1.29 is 24.0 Å². The summed E-state index contributed by atoms with van der Waals surface area (Å²) in [5.74, 6) is -0.321. The van der Waals surface area contributed by atoms with Crippen molar-refractivity contribution in [3.63, 3.8) is 0 Å². The number of hydrogen-bond donors (Lipinski definition) is 4. The second kappa shape index (κ2) is 18.5. The Morgan fingerprint density at radius 3 is 2.58 bits per heavy atom. The van der Waals surface area contributed by atoms with Crippen molar-refractivity contribution in [3.8, 4) is 0 Å². The number of carbonyl (C=O) groups is 2. The van der Waals surface area contributed by atoms with Gasteiger partial charge in [-0.2, -0.15) is 11.8 Å². The number of ether oxygens (including phenoxy) is 2. The number of non-ortho nitro benzene ring substituents is 1. The van der Waals surface area contributed by atoms with Gasteiger partial charge in [0.05, 0.1) is 41.5 Å². The van der Waals surface area contributed by atoms with Crippen LogP contribution in [0.15, 0.2) is 64.3 Å². The molecule has 0 fully saturated rings. The number of thioether (sulfide) groups is 1. The molecule has 1 aromatic carbocycles. The Labute approximate surface area is 267 Å². The van der Waals surface area contributed by atoms with Crippen molar-refractivity contribution in [2.24, 2.45) is 10.7 Å². The summed E-state index contributed by atoms with van der Waals surface area (Å²) in [5.41, 5.74) is 8.96. The van der Waals surface area contributed by atoms with Crippen molar-refractivity contribution in [1.29, 1.82) is 0 Å². The number of dihydropyridines is 1. The number of hydrogen-bond acceptors (Lipinski definition) is 10. The van der Waals surface area contributed by atoms with Gasteiger partial charge in [-0.25, -0.2) is 14.6 Å². The van der Waals surface area contributed by atoms with E-state index in [1.807, 2.05) is 6.20 Å². The molecule has 0 bridgehead atoms. The number of esters is 2. The maximum absolute atomic E-state index is 13.4. The molecule has 0 spiro atoms. The summed E-state index contributed by atoms with van der Waals surface area (Å²) in [6, 6.07) is 5.98. The number of guanidine groups is 1. The largest absolute Gasteiger partial charge is 0.463 e. The number of H-pyrrole nitrogens is 1. The highest BCUT2D eigenvalue weighted by molar-refractivity contribution is 7.99. The van der Waals surface area contributed by atoms with Crippen LogP contribution in [0.5, 0.6) is 0 Å². The van der Waals surface area contributed by atoms with Crippen molar-refractivity contribution in [2.75, 3.05) is 37.8 Å². The number of aromatic amines is 1. The van der Waals surface area contributed by atoms with Gasteiger partial charge in [0.15, 0.2) is 5.96 Å². The first kappa shape index (κ1) is 35.2. The number of aryl methyl sites for hydroxylation is 1. The normalized spacial score (nSPS) is 15.1. The maximum Gasteiger partial charge on any atom is 0.336 e. The van der Waals surface area contributed by atoms with Crippen LogP contribution in [0.25, 0.3) is 0 Å². The minimum absolute atomic E-state index is 0.135. The quantitative estimate of drug-likeness (QED) is 0.0458. The zero-order chi connectivity index (χ0) is 32.6. The molecule has 14 heteroatoms. The number of imidazole rings is 1. The van der Waals surface area contributed by atoms with Crippen LogP contribution in [0.4, 0.5) is 5.69 Å². The number of nitro groups is 1. The fraction of sp³-hybridized carbons (Fsp3) is 0.484. The number of unbranched alkanes of at least 4 members (excludes halogenated alkanes) is 2. The average molecular weight is 642 g/mol. The zero-order valence-electron chi connectivity index (χ0n) is 26.1. The monoisotopic (exact) mass is 641 g/mol. The predicted octanol–water partition coefficient (Wildman–Crippen LogP) is 4.10. The van der Waals surface area contributed by atoms with E-state index in [4.69, 9.17) is 15.2 Å². The Hall–Kier alpha value is -4.33. The third kappa shape index (κ3) is 10.7. The van der Waals surface area contributed by atoms with E-state index in [0.29, 0.717) is 35.2 Å². The second-order valence-electron chi connectivity index (χ2n) is 10.3. The molecule has 0 aliphatic carbocycles. The van der Waals surface area contributed by atoms with E-state index in [0.717, 1.165) is 50.1 Å². The fourth-order valence-corrected chi connectivity index (χ4v) is 5.92. The highest BCUT2D eigenvalue weighted by atomic mass is 32.2. The van der Waals surface area contributed by atoms with Crippen molar-refractivity contribution in [2.45, 2.75) is 58.8 Å². The minimum atomic E-state index is -0.886. The van der Waals surface area contributed by atoms with Gasteiger partial charge >= 0.3 is 11.9 Å². The van der Waals surface area contributed by atoms with Gasteiger partial charge in [0.1, 0.15) is 0 Å². The average Bonchev–Trinajstić information content (AvgIpc) is 3.54. The van der Waals surface area contributed by atoms with Crippen molar-refractivity contribution in [3.05, 3.63) is 80.7 Å². The molecule has 13 nitrogen and oxygen atoms in total. The van der Waals surface area contributed by atoms with Crippen LogP contribution >= 0.6 is 11.8 Å². The number of nitrogens with one attached hydrogen (secondary N) is 3. The molecule has 0 saturated heterocycles. The van der Waals surface area contributed by atoms with Crippen molar-refractivity contribution >= 4 is 35.3 Å². The van der Waals surface area contributed by atoms with E-state index in [9.17, 15) is 19.7 Å². The molecule has 3 rings (SSSR count). The van der Waals surface area contributed by atoms with Gasteiger partial charge in [-0.3, -0.25) is 15.1 Å². The number of nitrogens with two attached hydrogens (primary N) is 1. The second-order valence-corrected chi connectivity index (χ2v) is 11.4. The van der Waals surface area contributed by atoms with Crippen molar-refractivity contribution in [1.82, 2.24) is 20.6 Å². The number of benzene rings is 1. The van der Waals surface area contributed by atoms with Gasteiger partial charge in [0.2, 0.25) is 0 Å². The smallest absolute Gasteiger partial charge is 0.336 e. The topological polar surface area (TPSA) is 187 Å². The summed E-state index contributed by atoms with van der Waals surface area (Å²) in [6.45, 7) is 6.79. The lowest BCUT2D eigenvalue weighted by Gasteiger charge is -2.31. The Balaban J connectivity index is 1.60. The number of carbonyl (C=O) groups excluding carboxylic acids is 2. The first-order valence-electron chi connectivity index (χ1n) is 15.1. The number of aromatic nitrogens is 2.